The van der Waals surface area contributed by atoms with E-state index in [-0.39, 0.29) is 0 Å². The SMILES string of the molecule is O=C(OCCc1cccs1)c1cc(S)ccc1Cl. The molecule has 0 N–H and O–H groups in total. The van der Waals surface area contributed by atoms with Gasteiger partial charge in [0.05, 0.1) is 17.2 Å². The minimum Gasteiger partial charge on any atom is -0.462 e. The molecule has 0 unspecified atom stereocenters. The molecule has 0 fully saturated rings. The minimum atomic E-state index is -0.410. The van der Waals surface area contributed by atoms with E-state index in [4.69, 9.17) is 16.3 Å². The highest BCUT2D eigenvalue weighted by atomic mass is 35.5. The third-order valence-electron chi connectivity index (χ3n) is 2.33. The molecule has 2 rings (SSSR count). The van der Waals surface area contributed by atoms with E-state index in [2.05, 4.69) is 12.6 Å². The molecular formula is C13H11ClO2S2. The van der Waals surface area contributed by atoms with Crippen molar-refractivity contribution in [3.8, 4) is 0 Å². The van der Waals surface area contributed by atoms with Crippen molar-refractivity contribution in [2.75, 3.05) is 6.61 Å². The summed E-state index contributed by atoms with van der Waals surface area (Å²) >= 11 is 11.8. The van der Waals surface area contributed by atoms with E-state index in [0.29, 0.717) is 22.1 Å². The first-order chi connectivity index (χ1) is 8.66. The molecule has 5 heteroatoms. The van der Waals surface area contributed by atoms with Crippen LogP contribution in [0.2, 0.25) is 5.02 Å². The Hall–Kier alpha value is -0.970. The fourth-order valence-electron chi connectivity index (χ4n) is 1.45. The first kappa shape index (κ1) is 13.5. The predicted octanol–water partition coefficient (Wildman–Crippen LogP) is 4.09. The zero-order valence-corrected chi connectivity index (χ0v) is 11.9. The number of thiophene rings is 1. The lowest BCUT2D eigenvalue weighted by molar-refractivity contribution is 0.0510. The van der Waals surface area contributed by atoms with Gasteiger partial charge in [-0.1, -0.05) is 17.7 Å². The van der Waals surface area contributed by atoms with Crippen molar-refractivity contribution in [2.24, 2.45) is 0 Å². The van der Waals surface area contributed by atoms with Gasteiger partial charge in [-0.2, -0.15) is 0 Å². The quantitative estimate of drug-likeness (QED) is 0.680. The zero-order valence-electron chi connectivity index (χ0n) is 9.43. The highest BCUT2D eigenvalue weighted by Crippen LogP contribution is 2.20. The minimum absolute atomic E-state index is 0.354. The second-order valence-electron chi connectivity index (χ2n) is 3.63. The molecule has 0 saturated carbocycles. The van der Waals surface area contributed by atoms with E-state index in [9.17, 15) is 4.79 Å². The maximum Gasteiger partial charge on any atom is 0.339 e. The van der Waals surface area contributed by atoms with Crippen molar-refractivity contribution in [1.29, 1.82) is 0 Å². The summed E-state index contributed by atoms with van der Waals surface area (Å²) in [5, 5.41) is 2.38. The van der Waals surface area contributed by atoms with Crippen LogP contribution in [-0.2, 0) is 11.2 Å². The summed E-state index contributed by atoms with van der Waals surface area (Å²) in [5.74, 6) is -0.410. The molecule has 0 bridgehead atoms. The van der Waals surface area contributed by atoms with Crippen LogP contribution in [0.5, 0.6) is 0 Å². The molecule has 2 aromatic rings. The van der Waals surface area contributed by atoms with Crippen molar-refractivity contribution in [3.63, 3.8) is 0 Å². The van der Waals surface area contributed by atoms with Crippen LogP contribution in [0.15, 0.2) is 40.6 Å². The third kappa shape index (κ3) is 3.51. The molecule has 0 spiro atoms. The van der Waals surface area contributed by atoms with E-state index in [0.717, 1.165) is 6.42 Å². The molecule has 0 aliphatic rings. The first-order valence-corrected chi connectivity index (χ1v) is 7.05. The van der Waals surface area contributed by atoms with Gasteiger partial charge in [0.2, 0.25) is 0 Å². The number of carbonyl (C=O) groups excluding carboxylic acids is 1. The fraction of sp³-hybridized carbons (Fsp3) is 0.154. The number of rotatable bonds is 4. The Morgan fingerprint density at radius 3 is 2.94 bits per heavy atom. The van der Waals surface area contributed by atoms with E-state index < -0.39 is 5.97 Å². The van der Waals surface area contributed by atoms with Crippen molar-refractivity contribution < 1.29 is 9.53 Å². The number of ether oxygens (including phenoxy) is 1. The Bertz CT molecular complexity index is 538. The number of benzene rings is 1. The number of halogens is 1. The van der Waals surface area contributed by atoms with Gasteiger partial charge in [0, 0.05) is 16.2 Å². The highest BCUT2D eigenvalue weighted by molar-refractivity contribution is 7.80. The Morgan fingerprint density at radius 2 is 2.22 bits per heavy atom. The lowest BCUT2D eigenvalue weighted by Gasteiger charge is -2.06. The summed E-state index contributed by atoms with van der Waals surface area (Å²) in [5.41, 5.74) is 0.357. The zero-order chi connectivity index (χ0) is 13.0. The number of hydrogen-bond donors (Lipinski definition) is 1. The van der Waals surface area contributed by atoms with Crippen molar-refractivity contribution in [3.05, 3.63) is 51.2 Å². The topological polar surface area (TPSA) is 26.3 Å². The van der Waals surface area contributed by atoms with Crippen LogP contribution < -0.4 is 0 Å². The second kappa shape index (κ2) is 6.27. The maximum absolute atomic E-state index is 11.8. The van der Waals surface area contributed by atoms with Crippen molar-refractivity contribution in [2.45, 2.75) is 11.3 Å². The van der Waals surface area contributed by atoms with E-state index in [1.165, 1.54) is 4.88 Å². The van der Waals surface area contributed by atoms with E-state index in [1.54, 1.807) is 29.5 Å². The molecule has 2 nitrogen and oxygen atoms in total. The number of carbonyl (C=O) groups is 1. The Balaban J connectivity index is 1.93. The van der Waals surface area contributed by atoms with Crippen molar-refractivity contribution >= 4 is 41.5 Å². The molecular weight excluding hydrogens is 288 g/mol. The van der Waals surface area contributed by atoms with E-state index in [1.807, 2.05) is 17.5 Å². The number of thiol groups is 1. The summed E-state index contributed by atoms with van der Waals surface area (Å²) in [4.78, 5) is 13.7. The van der Waals surface area contributed by atoms with Crippen LogP contribution >= 0.6 is 35.6 Å². The maximum atomic E-state index is 11.8. The Morgan fingerprint density at radius 1 is 1.39 bits per heavy atom. The predicted molar refractivity (Wildman–Crippen MR) is 77.0 cm³/mol. The summed E-state index contributed by atoms with van der Waals surface area (Å²) in [6, 6.07) is 8.97. The molecule has 0 atom stereocenters. The summed E-state index contributed by atoms with van der Waals surface area (Å²) < 4.78 is 5.19. The van der Waals surface area contributed by atoms with Gasteiger partial charge in [0.25, 0.3) is 0 Å². The Labute approximate surface area is 120 Å². The number of esters is 1. The monoisotopic (exact) mass is 298 g/mol. The average Bonchev–Trinajstić information content (AvgIpc) is 2.85. The van der Waals surface area contributed by atoms with Crippen LogP contribution in [0.4, 0.5) is 0 Å². The lowest BCUT2D eigenvalue weighted by Crippen LogP contribution is -2.08. The molecule has 0 aliphatic heterocycles. The normalized spacial score (nSPS) is 10.3. The highest BCUT2D eigenvalue weighted by Gasteiger charge is 2.12. The average molecular weight is 299 g/mol. The van der Waals surface area contributed by atoms with Gasteiger partial charge in [0.1, 0.15) is 0 Å². The molecule has 1 aromatic heterocycles. The summed E-state index contributed by atoms with van der Waals surface area (Å²) in [7, 11) is 0. The van der Waals surface area contributed by atoms with Gasteiger partial charge < -0.3 is 4.74 Å². The van der Waals surface area contributed by atoms with Crippen LogP contribution in [-0.4, -0.2) is 12.6 Å². The van der Waals surface area contributed by atoms with Crippen LogP contribution in [0, 0.1) is 0 Å². The fourth-order valence-corrected chi connectivity index (χ4v) is 2.54. The molecule has 1 heterocycles. The molecule has 0 radical (unpaired) electrons. The molecule has 1 aromatic carbocycles. The molecule has 18 heavy (non-hydrogen) atoms. The third-order valence-corrected chi connectivity index (χ3v) is 3.88. The van der Waals surface area contributed by atoms with Gasteiger partial charge in [0.15, 0.2) is 0 Å². The smallest absolute Gasteiger partial charge is 0.339 e. The van der Waals surface area contributed by atoms with Gasteiger partial charge in [-0.3, -0.25) is 0 Å². The molecule has 0 aliphatic carbocycles. The summed E-state index contributed by atoms with van der Waals surface area (Å²) in [6.45, 7) is 0.354. The molecule has 0 saturated heterocycles. The molecule has 94 valence electrons. The van der Waals surface area contributed by atoms with Crippen LogP contribution in [0.25, 0.3) is 0 Å². The van der Waals surface area contributed by atoms with Gasteiger partial charge in [-0.25, -0.2) is 4.79 Å². The largest absolute Gasteiger partial charge is 0.462 e. The van der Waals surface area contributed by atoms with E-state index >= 15 is 0 Å². The van der Waals surface area contributed by atoms with Crippen LogP contribution in [0.1, 0.15) is 15.2 Å². The number of hydrogen-bond acceptors (Lipinski definition) is 4. The van der Waals surface area contributed by atoms with Gasteiger partial charge >= 0.3 is 5.97 Å². The van der Waals surface area contributed by atoms with Gasteiger partial charge in [-0.15, -0.1) is 24.0 Å². The lowest BCUT2D eigenvalue weighted by atomic mass is 10.2. The van der Waals surface area contributed by atoms with Gasteiger partial charge in [-0.05, 0) is 29.6 Å². The Kier molecular flexibility index (Phi) is 4.69. The molecule has 0 amide bonds. The standard InChI is InChI=1S/C13H11ClO2S2/c14-12-4-3-9(17)8-11(12)13(15)16-6-5-10-2-1-7-18-10/h1-4,7-8,17H,5-6H2. The van der Waals surface area contributed by atoms with Crippen LogP contribution in [0.3, 0.4) is 0 Å². The second-order valence-corrected chi connectivity index (χ2v) is 5.59. The summed E-state index contributed by atoms with van der Waals surface area (Å²) in [6.07, 6.45) is 0.724. The van der Waals surface area contributed by atoms with Crippen molar-refractivity contribution in [1.82, 2.24) is 0 Å². The first-order valence-electron chi connectivity index (χ1n) is 5.35.